The van der Waals surface area contributed by atoms with Crippen molar-refractivity contribution >= 4 is 112 Å². The Balaban J connectivity index is 0.000000140. The first-order valence-electron chi connectivity index (χ1n) is 40.3. The minimum absolute atomic E-state index is 0. The summed E-state index contributed by atoms with van der Waals surface area (Å²) in [5.74, 6) is -0.432. The first-order chi connectivity index (χ1) is 57.0. The molecule has 0 radical (unpaired) electrons. The number of amides is 8. The molecule has 0 bridgehead atoms. The average Bonchev–Trinajstić information content (AvgIpc) is 1.61. The van der Waals surface area contributed by atoms with E-state index in [1.165, 1.54) is 12.1 Å². The SMILES string of the molecule is Cl.Fc1cccc([C@H]2CCCN2c2ccc3ncc(-c4cccc(N5CCNCC5)n4)n3n2)c1.O=C1CCC(N2C(=O)c3ccc(N4CCC(CN5CCN(c6cccc(-c7cnc8ccc(N9CCC[C@@H]9c9cccc(F)c9)nn78)n6)CC5)C4)cc3C2=O)C(=O)N1.O=CC1CCN(c2ccc3c(c2)C(=O)N(C2CCC(=O)NC2=O)C3=O)C1. The van der Waals surface area contributed by atoms with Crippen LogP contribution in [-0.4, -0.2) is 218 Å². The van der Waals surface area contributed by atoms with Crippen molar-refractivity contribution in [3.05, 3.63) is 203 Å². The molecule has 16 heterocycles. The maximum Gasteiger partial charge on any atom is 0.262 e. The number of piperidine rings is 2. The fourth-order valence-corrected chi connectivity index (χ4v) is 18.1. The maximum atomic E-state index is 14.1. The van der Waals surface area contributed by atoms with Gasteiger partial charge in [0.15, 0.2) is 11.3 Å². The van der Waals surface area contributed by atoms with Gasteiger partial charge in [0.25, 0.3) is 23.6 Å². The molecule has 8 saturated heterocycles. The third-order valence-corrected chi connectivity index (χ3v) is 24.2. The lowest BCUT2D eigenvalue weighted by atomic mass is 10.0. The van der Waals surface area contributed by atoms with Crippen molar-refractivity contribution in [2.24, 2.45) is 11.8 Å². The molecule has 3 N–H and O–H groups in total. The molecule has 32 heteroatoms. The minimum Gasteiger partial charge on any atom is -0.371 e. The molecule has 118 heavy (non-hydrogen) atoms. The number of carbonyl (C=O) groups excluding carboxylic acids is 9. The number of aldehydes is 1. The predicted octanol–water partition coefficient (Wildman–Crippen LogP) is 8.54. The van der Waals surface area contributed by atoms with Crippen LogP contribution in [0.15, 0.2) is 158 Å². The van der Waals surface area contributed by atoms with Crippen LogP contribution in [0.4, 0.5) is 43.4 Å². The molecule has 10 aromatic rings. The molecule has 10 aliphatic rings. The molecule has 29 nitrogen and oxygen atoms in total. The smallest absolute Gasteiger partial charge is 0.262 e. The van der Waals surface area contributed by atoms with E-state index in [1.54, 1.807) is 54.6 Å². The van der Waals surface area contributed by atoms with E-state index in [9.17, 15) is 51.9 Å². The quantitative estimate of drug-likeness (QED) is 0.0639. The third kappa shape index (κ3) is 15.4. The monoisotopic (exact) mass is 1620 g/mol. The minimum atomic E-state index is -0.975. The van der Waals surface area contributed by atoms with E-state index in [-0.39, 0.29) is 78.9 Å². The largest absolute Gasteiger partial charge is 0.371 e. The van der Waals surface area contributed by atoms with Gasteiger partial charge in [-0.1, -0.05) is 36.4 Å². The Kier molecular flexibility index (Phi) is 22.0. The topological polar surface area (TPSA) is 305 Å². The number of carbonyl (C=O) groups is 9. The lowest BCUT2D eigenvalue weighted by Crippen LogP contribution is -2.54. The zero-order valence-electron chi connectivity index (χ0n) is 64.7. The van der Waals surface area contributed by atoms with Gasteiger partial charge in [0.2, 0.25) is 23.6 Å². The number of imidazole rings is 2. The van der Waals surface area contributed by atoms with Crippen LogP contribution in [0.2, 0.25) is 0 Å². The molecular formula is C86H87ClF2N20O9. The van der Waals surface area contributed by atoms with Crippen LogP contribution in [0.5, 0.6) is 0 Å². The van der Waals surface area contributed by atoms with Crippen LogP contribution in [-0.2, 0) is 24.0 Å². The second-order valence-electron chi connectivity index (χ2n) is 31.4. The van der Waals surface area contributed by atoms with E-state index in [2.05, 4.69) is 67.5 Å². The number of hydrogen-bond acceptors (Lipinski definition) is 23. The Morgan fingerprint density at radius 3 is 1.39 bits per heavy atom. The molecule has 0 saturated carbocycles. The molecular weight excluding hydrogens is 1530 g/mol. The highest BCUT2D eigenvalue weighted by Crippen LogP contribution is 2.40. The van der Waals surface area contributed by atoms with Gasteiger partial charge in [-0.3, -0.25) is 63.7 Å². The van der Waals surface area contributed by atoms with E-state index in [4.69, 9.17) is 20.2 Å². The molecule has 4 aromatic carbocycles. The van der Waals surface area contributed by atoms with Crippen LogP contribution < -0.4 is 45.3 Å². The number of anilines is 6. The van der Waals surface area contributed by atoms with Crippen LogP contribution >= 0.6 is 12.4 Å². The molecule has 10 aliphatic heterocycles. The van der Waals surface area contributed by atoms with Gasteiger partial charge in [-0.05, 0) is 178 Å². The van der Waals surface area contributed by atoms with Gasteiger partial charge in [-0.25, -0.2) is 37.7 Å². The van der Waals surface area contributed by atoms with Gasteiger partial charge in [0, 0.05) is 128 Å². The normalized spacial score (nSPS) is 22.1. The van der Waals surface area contributed by atoms with Gasteiger partial charge >= 0.3 is 0 Å². The summed E-state index contributed by atoms with van der Waals surface area (Å²) in [4.78, 5) is 148. The van der Waals surface area contributed by atoms with E-state index in [0.717, 1.165) is 220 Å². The number of aromatic nitrogens is 8. The second kappa shape index (κ2) is 33.3. The molecule has 0 spiro atoms. The molecule has 4 unspecified atom stereocenters. The highest BCUT2D eigenvalue weighted by atomic mass is 35.5. The number of rotatable bonds is 15. The fraction of sp³-hybridized carbons (Fsp3) is 0.360. The first-order valence-corrected chi connectivity index (χ1v) is 40.3. The summed E-state index contributed by atoms with van der Waals surface area (Å²) in [6.45, 7) is 13.1. The van der Waals surface area contributed by atoms with Crippen molar-refractivity contribution in [3.8, 4) is 22.8 Å². The van der Waals surface area contributed by atoms with Crippen LogP contribution in [0.1, 0.15) is 129 Å². The summed E-state index contributed by atoms with van der Waals surface area (Å²) in [5.41, 5.74) is 9.60. The van der Waals surface area contributed by atoms with Gasteiger partial charge in [-0.15, -0.1) is 22.6 Å². The number of pyridine rings is 2. The Morgan fingerprint density at radius 1 is 0.432 bits per heavy atom. The summed E-state index contributed by atoms with van der Waals surface area (Å²) in [7, 11) is 0. The molecule has 8 amide bonds. The predicted molar refractivity (Wildman–Crippen MR) is 438 cm³/mol. The van der Waals surface area contributed by atoms with Crippen molar-refractivity contribution in [1.82, 2.24) is 69.8 Å². The summed E-state index contributed by atoms with van der Waals surface area (Å²) >= 11 is 0. The third-order valence-electron chi connectivity index (χ3n) is 24.2. The number of benzene rings is 4. The Labute approximate surface area is 683 Å². The Morgan fingerprint density at radius 2 is 0.907 bits per heavy atom. The maximum absolute atomic E-state index is 14.1. The van der Waals surface area contributed by atoms with Crippen molar-refractivity contribution in [3.63, 3.8) is 0 Å². The van der Waals surface area contributed by atoms with Crippen LogP contribution in [0.3, 0.4) is 0 Å². The van der Waals surface area contributed by atoms with Gasteiger partial charge < -0.3 is 39.5 Å². The van der Waals surface area contributed by atoms with Gasteiger partial charge in [0.05, 0.1) is 58.1 Å². The zero-order valence-corrected chi connectivity index (χ0v) is 65.5. The van der Waals surface area contributed by atoms with E-state index in [1.807, 2.05) is 93.1 Å². The fourth-order valence-electron chi connectivity index (χ4n) is 18.1. The number of imide groups is 4. The highest BCUT2D eigenvalue weighted by molar-refractivity contribution is 6.25. The van der Waals surface area contributed by atoms with Crippen LogP contribution in [0.25, 0.3) is 34.1 Å². The number of fused-ring (bicyclic) bond motifs is 4. The summed E-state index contributed by atoms with van der Waals surface area (Å²) in [6.07, 6.45) is 10.8. The number of halogens is 3. The van der Waals surface area contributed by atoms with E-state index in [0.29, 0.717) is 30.1 Å². The molecule has 606 valence electrons. The standard InChI is InChI=1S/C43H43FN10O4.C25H26FN7.C18H17N3O5.ClH/c44-29-5-1-4-28(22-29)34-7-3-16-52(34)39-13-12-37-45-24-36(54(37)48-39)33-6-2-8-38(46-33)50-20-18-49(19-21-50)25-27-15-17-51(26-27)30-9-10-31-32(23-30)43(58)53(42(31)57)35-11-14-40(55)47-41(35)56;26-19-5-1-4-18(16-19)21-7-3-13-32(21)25-10-9-23-28-17-22(33(23)30-25)20-6-2-8-24(29-20)31-14-11-27-12-15-31;22-9-10-5-6-20(8-10)11-1-2-12-13(7-11)18(26)21(17(12)25)14-3-4-15(23)19-16(14)24;/h1-2,4-6,8-10,12-13,22-24,27,34-35H,3,7,11,14-21,25-26H2,(H,47,55,56);1-2,4-6,8-10,16-17,21,27H,3,7,11-15H2;1-2,7,9-10,14H,3-6,8H2,(H,19,23,24);1H/t27?,34-,35?;21-;;/m11../s1. The molecule has 6 aromatic heterocycles. The number of nitrogens with zero attached hydrogens (tertiary/aromatic N) is 17. The van der Waals surface area contributed by atoms with Crippen molar-refractivity contribution in [2.75, 3.05) is 128 Å². The van der Waals surface area contributed by atoms with Gasteiger partial charge in [-0.2, -0.15) is 0 Å². The first kappa shape index (κ1) is 78.1. The van der Waals surface area contributed by atoms with Crippen molar-refractivity contribution < 1.29 is 51.9 Å². The highest BCUT2D eigenvalue weighted by Gasteiger charge is 2.47. The number of hydrogen-bond donors (Lipinski definition) is 3. The molecule has 8 fully saturated rings. The number of nitrogens with one attached hydrogen (secondary N) is 3. The van der Waals surface area contributed by atoms with Crippen molar-refractivity contribution in [2.45, 2.75) is 88.4 Å². The summed E-state index contributed by atoms with van der Waals surface area (Å²) < 4.78 is 31.7. The summed E-state index contributed by atoms with van der Waals surface area (Å²) in [6, 6.07) is 42.5. The van der Waals surface area contributed by atoms with E-state index >= 15 is 0 Å². The second-order valence-corrected chi connectivity index (χ2v) is 31.4. The lowest BCUT2D eigenvalue weighted by molar-refractivity contribution is -0.137. The average molecular weight is 1620 g/mol. The summed E-state index contributed by atoms with van der Waals surface area (Å²) in [5, 5.41) is 17.8. The van der Waals surface area contributed by atoms with Crippen LogP contribution in [0, 0.1) is 23.5 Å². The molecule has 20 rings (SSSR count). The van der Waals surface area contributed by atoms with Crippen molar-refractivity contribution in [1.29, 1.82) is 0 Å². The van der Waals surface area contributed by atoms with E-state index < -0.39 is 59.3 Å². The van der Waals surface area contributed by atoms with Gasteiger partial charge in [0.1, 0.15) is 64.7 Å². The zero-order chi connectivity index (χ0) is 80.1. The molecule has 6 atom stereocenters. The Bertz CT molecular complexity index is 5620. The molecule has 0 aliphatic carbocycles. The number of piperazine rings is 2. The lowest BCUT2D eigenvalue weighted by Gasteiger charge is -2.36. The Hall–Kier alpha value is -12.5.